The van der Waals surface area contributed by atoms with E-state index in [1.807, 2.05) is 12.1 Å². The van der Waals surface area contributed by atoms with E-state index >= 15 is 0 Å². The summed E-state index contributed by atoms with van der Waals surface area (Å²) in [6.07, 6.45) is 0. The molecule has 0 saturated heterocycles. The molecule has 0 aliphatic heterocycles. The van der Waals surface area contributed by atoms with Crippen LogP contribution in [-0.4, -0.2) is 25.3 Å². The molecule has 17 heavy (non-hydrogen) atoms. The van der Waals surface area contributed by atoms with Gasteiger partial charge < -0.3 is 20.4 Å². The van der Waals surface area contributed by atoms with E-state index in [4.69, 9.17) is 20.4 Å². The number of rotatable bonds is 3. The number of methoxy groups -OCH3 is 2. The lowest BCUT2D eigenvalue weighted by Crippen LogP contribution is -2.10. The second kappa shape index (κ2) is 4.50. The summed E-state index contributed by atoms with van der Waals surface area (Å²) in [7, 11) is 3.19. The number of fused-ring (bicyclic) bond motifs is 1. The van der Waals surface area contributed by atoms with Gasteiger partial charge in [0.25, 0.3) is 0 Å². The number of nitrogens with zero attached hydrogens (tertiary/aromatic N) is 1. The van der Waals surface area contributed by atoms with Crippen LogP contribution in [0.5, 0.6) is 11.5 Å². The molecule has 6 heteroatoms. The maximum atomic E-state index is 8.65. The molecule has 0 aliphatic rings. The van der Waals surface area contributed by atoms with Crippen molar-refractivity contribution in [2.24, 2.45) is 10.9 Å². The molecule has 1 heterocycles. The topological polar surface area (TPSA) is 77.1 Å². The zero-order valence-electron chi connectivity index (χ0n) is 9.43. The summed E-state index contributed by atoms with van der Waals surface area (Å²) in [5.41, 5.74) is 5.56. The molecular weight excluding hydrogens is 240 g/mol. The summed E-state index contributed by atoms with van der Waals surface area (Å²) in [4.78, 5) is 0.689. The normalized spacial score (nSPS) is 11.8. The largest absolute Gasteiger partial charge is 0.497 e. The minimum atomic E-state index is 0.0900. The van der Waals surface area contributed by atoms with Gasteiger partial charge in [-0.2, -0.15) is 0 Å². The number of nitrogens with two attached hydrogens (primary N) is 1. The lowest BCUT2D eigenvalue weighted by molar-refractivity contribution is 0.319. The van der Waals surface area contributed by atoms with Crippen molar-refractivity contribution in [3.05, 3.63) is 23.1 Å². The smallest absolute Gasteiger partial charge is 0.180 e. The number of ether oxygens (including phenoxy) is 2. The Morgan fingerprint density at radius 2 is 2.06 bits per heavy atom. The molecule has 0 unspecified atom stereocenters. The van der Waals surface area contributed by atoms with Crippen LogP contribution in [0.15, 0.2) is 23.4 Å². The summed E-state index contributed by atoms with van der Waals surface area (Å²) < 4.78 is 11.4. The fraction of sp³-hybridized carbons (Fsp3) is 0.182. The number of oxime groups is 1. The van der Waals surface area contributed by atoms with Crippen molar-refractivity contribution in [3.63, 3.8) is 0 Å². The van der Waals surface area contributed by atoms with Gasteiger partial charge in [0.15, 0.2) is 5.84 Å². The number of thiophene rings is 1. The third-order valence-electron chi connectivity index (χ3n) is 2.39. The molecule has 0 amide bonds. The van der Waals surface area contributed by atoms with Crippen molar-refractivity contribution in [1.29, 1.82) is 0 Å². The van der Waals surface area contributed by atoms with Crippen LogP contribution in [0, 0.1) is 0 Å². The van der Waals surface area contributed by atoms with Crippen LogP contribution >= 0.6 is 11.3 Å². The molecule has 2 rings (SSSR count). The highest BCUT2D eigenvalue weighted by molar-refractivity contribution is 7.21. The molecule has 2 aromatic rings. The van der Waals surface area contributed by atoms with Crippen LogP contribution in [0.3, 0.4) is 0 Å². The van der Waals surface area contributed by atoms with E-state index in [2.05, 4.69) is 5.16 Å². The van der Waals surface area contributed by atoms with Gasteiger partial charge in [-0.15, -0.1) is 11.3 Å². The first-order valence-electron chi connectivity index (χ1n) is 4.83. The minimum absolute atomic E-state index is 0.0900. The Bertz CT molecular complexity index is 577. The maximum Gasteiger partial charge on any atom is 0.180 e. The molecule has 0 atom stereocenters. The van der Waals surface area contributed by atoms with E-state index in [1.54, 1.807) is 20.3 Å². The molecule has 0 saturated carbocycles. The highest BCUT2D eigenvalue weighted by Gasteiger charge is 2.11. The number of hydrogen-bond acceptors (Lipinski definition) is 5. The Labute approximate surface area is 102 Å². The zero-order chi connectivity index (χ0) is 12.4. The van der Waals surface area contributed by atoms with E-state index in [9.17, 15) is 0 Å². The van der Waals surface area contributed by atoms with Gasteiger partial charge in [-0.1, -0.05) is 5.16 Å². The summed E-state index contributed by atoms with van der Waals surface area (Å²) >= 11 is 1.41. The van der Waals surface area contributed by atoms with Crippen molar-refractivity contribution >= 4 is 27.3 Å². The molecule has 1 aromatic carbocycles. The Kier molecular flexibility index (Phi) is 3.06. The highest BCUT2D eigenvalue weighted by atomic mass is 32.1. The zero-order valence-corrected chi connectivity index (χ0v) is 10.2. The van der Waals surface area contributed by atoms with E-state index in [0.717, 1.165) is 10.1 Å². The molecule has 5 nitrogen and oxygen atoms in total. The quantitative estimate of drug-likeness (QED) is 0.379. The van der Waals surface area contributed by atoms with Gasteiger partial charge in [0, 0.05) is 16.2 Å². The van der Waals surface area contributed by atoms with Crippen LogP contribution in [0.1, 0.15) is 4.88 Å². The van der Waals surface area contributed by atoms with Crippen molar-refractivity contribution in [2.75, 3.05) is 14.2 Å². The predicted molar refractivity (Wildman–Crippen MR) is 67.4 cm³/mol. The van der Waals surface area contributed by atoms with Gasteiger partial charge in [-0.3, -0.25) is 0 Å². The van der Waals surface area contributed by atoms with Crippen LogP contribution in [0.2, 0.25) is 0 Å². The first-order valence-corrected chi connectivity index (χ1v) is 5.64. The molecule has 0 radical (unpaired) electrons. The first kappa shape index (κ1) is 11.5. The summed E-state index contributed by atoms with van der Waals surface area (Å²) in [6.45, 7) is 0. The number of hydrogen-bond donors (Lipinski definition) is 2. The molecule has 0 bridgehead atoms. The van der Waals surface area contributed by atoms with Crippen LogP contribution in [0.25, 0.3) is 10.1 Å². The fourth-order valence-electron chi connectivity index (χ4n) is 1.54. The van der Waals surface area contributed by atoms with E-state index in [-0.39, 0.29) is 5.84 Å². The minimum Gasteiger partial charge on any atom is -0.497 e. The molecule has 1 aromatic heterocycles. The average molecular weight is 252 g/mol. The highest BCUT2D eigenvalue weighted by Crippen LogP contribution is 2.36. The van der Waals surface area contributed by atoms with Crippen molar-refractivity contribution in [3.8, 4) is 11.5 Å². The Morgan fingerprint density at radius 3 is 2.65 bits per heavy atom. The van der Waals surface area contributed by atoms with Crippen molar-refractivity contribution < 1.29 is 14.7 Å². The average Bonchev–Trinajstić information content (AvgIpc) is 2.80. The van der Waals surface area contributed by atoms with Gasteiger partial charge in [-0.05, 0) is 12.1 Å². The third kappa shape index (κ3) is 1.99. The lowest BCUT2D eigenvalue weighted by Gasteiger charge is -2.04. The Hall–Kier alpha value is -1.95. The van der Waals surface area contributed by atoms with Crippen molar-refractivity contribution in [2.45, 2.75) is 0 Å². The predicted octanol–water partition coefficient (Wildman–Crippen LogP) is 2.01. The first-order chi connectivity index (χ1) is 8.19. The van der Waals surface area contributed by atoms with Crippen LogP contribution < -0.4 is 15.2 Å². The Balaban J connectivity index is 2.66. The summed E-state index contributed by atoms with van der Waals surface area (Å²) in [5, 5.41) is 12.6. The van der Waals surface area contributed by atoms with Gasteiger partial charge in [0.1, 0.15) is 11.5 Å². The number of amidine groups is 1. The molecule has 0 spiro atoms. The van der Waals surface area contributed by atoms with Crippen molar-refractivity contribution in [1.82, 2.24) is 0 Å². The molecule has 3 N–H and O–H groups in total. The van der Waals surface area contributed by atoms with E-state index in [0.29, 0.717) is 16.4 Å². The molecule has 0 fully saturated rings. The summed E-state index contributed by atoms with van der Waals surface area (Å²) in [6, 6.07) is 5.51. The van der Waals surface area contributed by atoms with E-state index in [1.165, 1.54) is 11.3 Å². The monoisotopic (exact) mass is 252 g/mol. The molecule has 90 valence electrons. The van der Waals surface area contributed by atoms with E-state index < -0.39 is 0 Å². The van der Waals surface area contributed by atoms with Crippen LogP contribution in [0.4, 0.5) is 0 Å². The second-order valence-electron chi connectivity index (χ2n) is 3.34. The third-order valence-corrected chi connectivity index (χ3v) is 3.49. The van der Waals surface area contributed by atoms with Gasteiger partial charge in [0.2, 0.25) is 0 Å². The standard InChI is InChI=1S/C11H12N2O3S/c1-15-6-3-8(16-2)7-5-10(11(12)13-14)17-9(7)4-6/h3-5,14H,1-2H3,(H2,12,13). The summed E-state index contributed by atoms with van der Waals surface area (Å²) in [5.74, 6) is 1.50. The number of benzene rings is 1. The molecular formula is C11H12N2O3S. The maximum absolute atomic E-state index is 8.65. The lowest BCUT2D eigenvalue weighted by atomic mass is 10.2. The second-order valence-corrected chi connectivity index (χ2v) is 4.42. The SMILES string of the molecule is COc1cc(OC)c2cc(/C(N)=N\O)sc2c1. The van der Waals surface area contributed by atoms with Gasteiger partial charge in [0.05, 0.1) is 19.1 Å². The fourth-order valence-corrected chi connectivity index (χ4v) is 2.55. The van der Waals surface area contributed by atoms with Gasteiger partial charge in [-0.25, -0.2) is 0 Å². The van der Waals surface area contributed by atoms with Crippen LogP contribution in [-0.2, 0) is 0 Å². The molecule has 0 aliphatic carbocycles. The Morgan fingerprint density at radius 1 is 1.29 bits per heavy atom. The van der Waals surface area contributed by atoms with Gasteiger partial charge >= 0.3 is 0 Å².